The summed E-state index contributed by atoms with van der Waals surface area (Å²) in [4.78, 5) is 0. The molecule has 0 aliphatic rings. The van der Waals surface area contributed by atoms with E-state index in [-0.39, 0.29) is 16.8 Å². The molecule has 0 bridgehead atoms. The van der Waals surface area contributed by atoms with Gasteiger partial charge in [0.2, 0.25) is 0 Å². The van der Waals surface area contributed by atoms with Crippen LogP contribution in [0.25, 0.3) is 0 Å². The predicted octanol–water partition coefficient (Wildman–Crippen LogP) is 4.76. The van der Waals surface area contributed by atoms with E-state index >= 15 is 0 Å². The van der Waals surface area contributed by atoms with Crippen molar-refractivity contribution < 1.29 is 17.9 Å². The van der Waals surface area contributed by atoms with Gasteiger partial charge in [-0.1, -0.05) is 24.3 Å². The number of anilines is 1. The Hall–Kier alpha value is -2.28. The Bertz CT molecular complexity index is 702. The zero-order chi connectivity index (χ0) is 17.7. The quantitative estimate of drug-likeness (QED) is 0.776. The van der Waals surface area contributed by atoms with Crippen molar-refractivity contribution in [2.24, 2.45) is 0 Å². The zero-order valence-corrected chi connectivity index (χ0v) is 14.0. The molecule has 0 aromatic heterocycles. The van der Waals surface area contributed by atoms with Crippen LogP contribution in [0.1, 0.15) is 24.1 Å². The molecule has 7 heteroatoms. The summed E-state index contributed by atoms with van der Waals surface area (Å²) in [5.74, 6) is 0.728. The molecule has 1 unspecified atom stereocenters. The number of alkyl halides is 3. The van der Waals surface area contributed by atoms with Gasteiger partial charge >= 0.3 is 6.18 Å². The Morgan fingerprint density at radius 3 is 2.29 bits per heavy atom. The zero-order valence-electron chi connectivity index (χ0n) is 13.1. The number of nitrogens with one attached hydrogen (secondary N) is 2. The third-order valence-corrected chi connectivity index (χ3v) is 3.66. The molecule has 0 saturated heterocycles. The van der Waals surface area contributed by atoms with Crippen LogP contribution in [0.3, 0.4) is 0 Å². The summed E-state index contributed by atoms with van der Waals surface area (Å²) in [6, 6.07) is 12.4. The van der Waals surface area contributed by atoms with Gasteiger partial charge in [-0.25, -0.2) is 0 Å². The van der Waals surface area contributed by atoms with E-state index in [1.165, 1.54) is 18.2 Å². The van der Waals surface area contributed by atoms with Gasteiger partial charge < -0.3 is 15.4 Å². The van der Waals surface area contributed by atoms with Gasteiger partial charge in [-0.05, 0) is 49.0 Å². The number of hydrogen-bond acceptors (Lipinski definition) is 2. The normalized spacial score (nSPS) is 12.4. The van der Waals surface area contributed by atoms with Crippen molar-refractivity contribution in [3.63, 3.8) is 0 Å². The Kier molecular flexibility index (Phi) is 5.66. The van der Waals surface area contributed by atoms with Crippen molar-refractivity contribution in [2.75, 3.05) is 12.4 Å². The molecule has 0 saturated carbocycles. The number of thiocarbonyl (C=S) groups is 1. The molecule has 0 aliphatic carbocycles. The molecule has 24 heavy (non-hydrogen) atoms. The third kappa shape index (κ3) is 4.61. The number of methoxy groups -OCH3 is 1. The molecule has 2 N–H and O–H groups in total. The van der Waals surface area contributed by atoms with E-state index in [1.807, 2.05) is 31.2 Å². The Morgan fingerprint density at radius 2 is 1.71 bits per heavy atom. The minimum atomic E-state index is -4.44. The second kappa shape index (κ2) is 7.53. The van der Waals surface area contributed by atoms with Crippen molar-refractivity contribution in [2.45, 2.75) is 19.1 Å². The smallest absolute Gasteiger partial charge is 0.418 e. The fraction of sp³-hybridized carbons (Fsp3) is 0.235. The topological polar surface area (TPSA) is 33.3 Å². The number of halogens is 3. The maximum Gasteiger partial charge on any atom is 0.418 e. The van der Waals surface area contributed by atoms with E-state index in [0.717, 1.165) is 17.4 Å². The Morgan fingerprint density at radius 1 is 1.08 bits per heavy atom. The van der Waals surface area contributed by atoms with Crippen molar-refractivity contribution in [1.82, 2.24) is 5.32 Å². The second-order valence-corrected chi connectivity index (χ2v) is 5.54. The largest absolute Gasteiger partial charge is 0.497 e. The molecule has 0 amide bonds. The first-order chi connectivity index (χ1) is 11.3. The summed E-state index contributed by atoms with van der Waals surface area (Å²) in [5, 5.41) is 5.71. The predicted molar refractivity (Wildman–Crippen MR) is 92.2 cm³/mol. The summed E-state index contributed by atoms with van der Waals surface area (Å²) in [6.07, 6.45) is -4.44. The van der Waals surface area contributed by atoms with Crippen molar-refractivity contribution in [3.8, 4) is 5.75 Å². The Balaban J connectivity index is 2.05. The lowest BCUT2D eigenvalue weighted by atomic mass is 10.1. The Labute approximate surface area is 143 Å². The maximum atomic E-state index is 13.0. The molecule has 0 spiro atoms. The van der Waals surface area contributed by atoms with Gasteiger partial charge in [0.25, 0.3) is 0 Å². The average molecular weight is 354 g/mol. The van der Waals surface area contributed by atoms with E-state index in [9.17, 15) is 13.2 Å². The minimum Gasteiger partial charge on any atom is -0.497 e. The summed E-state index contributed by atoms with van der Waals surface area (Å²) < 4.78 is 44.0. The molecule has 0 radical (unpaired) electrons. The van der Waals surface area contributed by atoms with Crippen molar-refractivity contribution in [3.05, 3.63) is 59.7 Å². The van der Waals surface area contributed by atoms with Gasteiger partial charge in [0.15, 0.2) is 5.11 Å². The molecule has 0 fully saturated rings. The fourth-order valence-corrected chi connectivity index (χ4v) is 2.46. The van der Waals surface area contributed by atoms with Crippen LogP contribution in [0.4, 0.5) is 18.9 Å². The maximum absolute atomic E-state index is 13.0. The van der Waals surface area contributed by atoms with Gasteiger partial charge in [0.05, 0.1) is 24.4 Å². The molecule has 2 aromatic rings. The molecule has 3 nitrogen and oxygen atoms in total. The number of para-hydroxylation sites is 1. The van der Waals surface area contributed by atoms with Crippen LogP contribution in [-0.4, -0.2) is 12.2 Å². The second-order valence-electron chi connectivity index (χ2n) is 5.14. The summed E-state index contributed by atoms with van der Waals surface area (Å²) in [5.41, 5.74) is 0.0970. The lowest BCUT2D eigenvalue weighted by Crippen LogP contribution is -2.31. The number of hydrogen-bond donors (Lipinski definition) is 2. The highest BCUT2D eigenvalue weighted by Crippen LogP contribution is 2.34. The van der Waals surface area contributed by atoms with Gasteiger partial charge in [-0.2, -0.15) is 13.2 Å². The van der Waals surface area contributed by atoms with Crippen molar-refractivity contribution >= 4 is 23.0 Å². The lowest BCUT2D eigenvalue weighted by molar-refractivity contribution is -0.136. The highest BCUT2D eigenvalue weighted by Gasteiger charge is 2.33. The molecule has 0 heterocycles. The molecular weight excluding hydrogens is 337 g/mol. The van der Waals surface area contributed by atoms with Crippen LogP contribution in [0.15, 0.2) is 48.5 Å². The monoisotopic (exact) mass is 354 g/mol. The standard InChI is InChI=1S/C17H17F3N2OS/c1-11(12-7-9-13(23-2)10-8-12)21-16(24)22-15-6-4-3-5-14(15)17(18,19)20/h3-11H,1-2H3,(H2,21,22,24). The summed E-state index contributed by atoms with van der Waals surface area (Å²) in [6.45, 7) is 1.87. The fourth-order valence-electron chi connectivity index (χ4n) is 2.17. The first-order valence-electron chi connectivity index (χ1n) is 7.19. The van der Waals surface area contributed by atoms with Crippen LogP contribution in [0, 0.1) is 0 Å². The van der Waals surface area contributed by atoms with E-state index in [4.69, 9.17) is 17.0 Å². The molecule has 0 aliphatic heterocycles. The van der Waals surface area contributed by atoms with Gasteiger partial charge in [-0.3, -0.25) is 0 Å². The molecule has 2 aromatic carbocycles. The van der Waals surface area contributed by atoms with E-state index in [1.54, 1.807) is 7.11 Å². The molecule has 128 valence electrons. The van der Waals surface area contributed by atoms with Crippen molar-refractivity contribution in [1.29, 1.82) is 0 Å². The highest BCUT2D eigenvalue weighted by atomic mass is 32.1. The first kappa shape index (κ1) is 18.1. The lowest BCUT2D eigenvalue weighted by Gasteiger charge is -2.19. The highest BCUT2D eigenvalue weighted by molar-refractivity contribution is 7.80. The molecular formula is C17H17F3N2OS. The number of benzene rings is 2. The summed E-state index contributed by atoms with van der Waals surface area (Å²) >= 11 is 5.13. The average Bonchev–Trinajstić information content (AvgIpc) is 2.54. The van der Waals surface area contributed by atoms with Gasteiger partial charge in [0.1, 0.15) is 5.75 Å². The van der Waals surface area contributed by atoms with Crippen LogP contribution in [0.2, 0.25) is 0 Å². The van der Waals surface area contributed by atoms with Gasteiger partial charge in [0, 0.05) is 0 Å². The summed E-state index contributed by atoms with van der Waals surface area (Å²) in [7, 11) is 1.58. The number of rotatable bonds is 4. The van der Waals surface area contributed by atoms with E-state index in [0.29, 0.717) is 0 Å². The van der Waals surface area contributed by atoms with Crippen LogP contribution in [0.5, 0.6) is 5.75 Å². The van der Waals surface area contributed by atoms with E-state index in [2.05, 4.69) is 10.6 Å². The van der Waals surface area contributed by atoms with Crippen LogP contribution < -0.4 is 15.4 Å². The molecule has 1 atom stereocenters. The van der Waals surface area contributed by atoms with E-state index < -0.39 is 11.7 Å². The SMILES string of the molecule is COc1ccc(C(C)NC(=S)Nc2ccccc2C(F)(F)F)cc1. The van der Waals surface area contributed by atoms with Gasteiger partial charge in [-0.15, -0.1) is 0 Å². The minimum absolute atomic E-state index is 0.0792. The number of ether oxygens (including phenoxy) is 1. The molecule has 2 rings (SSSR count). The van der Waals surface area contributed by atoms with Crippen LogP contribution >= 0.6 is 12.2 Å². The first-order valence-corrected chi connectivity index (χ1v) is 7.60. The van der Waals surface area contributed by atoms with Crippen LogP contribution in [-0.2, 0) is 6.18 Å². The third-order valence-electron chi connectivity index (χ3n) is 3.44.